The van der Waals surface area contributed by atoms with E-state index in [4.69, 9.17) is 4.42 Å². The Kier molecular flexibility index (Phi) is 6.15. The summed E-state index contributed by atoms with van der Waals surface area (Å²) in [6.07, 6.45) is 5.74. The molecule has 0 saturated heterocycles. The van der Waals surface area contributed by atoms with E-state index in [1.54, 1.807) is 0 Å². The number of hydrogen-bond acceptors (Lipinski definition) is 1. The SMILES string of the molecule is CC1(n2c3ccccc3c3ccccc32)C=C(c2ccc3oc4ccc(-c5ccccc5)cc4c3c2)C=C(n2c3ccccc3c3ccccc32)C1. The molecule has 246 valence electrons. The first-order valence-corrected chi connectivity index (χ1v) is 18.1. The largest absolute Gasteiger partial charge is 0.456 e. The van der Waals surface area contributed by atoms with Crippen LogP contribution in [0.5, 0.6) is 0 Å². The lowest BCUT2D eigenvalue weighted by Crippen LogP contribution is -2.31. The Balaban J connectivity index is 1.18. The molecule has 0 radical (unpaired) electrons. The minimum Gasteiger partial charge on any atom is -0.456 e. The lowest BCUT2D eigenvalue weighted by atomic mass is 9.84. The highest BCUT2D eigenvalue weighted by molar-refractivity contribution is 6.12. The molecule has 1 atom stereocenters. The van der Waals surface area contributed by atoms with Crippen LogP contribution in [0.1, 0.15) is 18.9 Å². The van der Waals surface area contributed by atoms with E-state index in [0.29, 0.717) is 0 Å². The van der Waals surface area contributed by atoms with Gasteiger partial charge >= 0.3 is 0 Å². The van der Waals surface area contributed by atoms with Gasteiger partial charge in [0, 0.05) is 55.5 Å². The number of fused-ring (bicyclic) bond motifs is 9. The number of hydrogen-bond donors (Lipinski definition) is 0. The van der Waals surface area contributed by atoms with Gasteiger partial charge in [0.05, 0.1) is 16.6 Å². The smallest absolute Gasteiger partial charge is 0.135 e. The second-order valence-electron chi connectivity index (χ2n) is 14.4. The maximum Gasteiger partial charge on any atom is 0.135 e. The summed E-state index contributed by atoms with van der Waals surface area (Å²) >= 11 is 0. The highest BCUT2D eigenvalue weighted by Crippen LogP contribution is 2.46. The fraction of sp³-hybridized carbons (Fsp3) is 0.0612. The summed E-state index contributed by atoms with van der Waals surface area (Å²) in [7, 11) is 0. The summed E-state index contributed by atoms with van der Waals surface area (Å²) in [6, 6.07) is 59.2. The molecule has 1 aliphatic rings. The highest BCUT2D eigenvalue weighted by atomic mass is 16.3. The van der Waals surface area contributed by atoms with Crippen LogP contribution in [0, 0.1) is 0 Å². The molecule has 52 heavy (non-hydrogen) atoms. The van der Waals surface area contributed by atoms with Crippen LogP contribution in [0.2, 0.25) is 0 Å². The molecule has 0 fully saturated rings. The van der Waals surface area contributed by atoms with Gasteiger partial charge in [-0.3, -0.25) is 0 Å². The first kappa shape index (κ1) is 29.2. The number of nitrogens with zero attached hydrogens (tertiary/aromatic N) is 2. The van der Waals surface area contributed by atoms with Gasteiger partial charge in [0.15, 0.2) is 0 Å². The Morgan fingerprint density at radius 1 is 0.462 bits per heavy atom. The van der Waals surface area contributed by atoms with Gasteiger partial charge in [-0.1, -0.05) is 121 Å². The van der Waals surface area contributed by atoms with Crippen molar-refractivity contribution in [3.63, 3.8) is 0 Å². The Hall–Kier alpha value is -6.58. The predicted octanol–water partition coefficient (Wildman–Crippen LogP) is 13.2. The van der Waals surface area contributed by atoms with E-state index < -0.39 is 0 Å². The Morgan fingerprint density at radius 3 is 1.54 bits per heavy atom. The lowest BCUT2D eigenvalue weighted by molar-refractivity contribution is 0.440. The van der Waals surface area contributed by atoms with E-state index in [1.807, 2.05) is 0 Å². The van der Waals surface area contributed by atoms with Gasteiger partial charge in [-0.2, -0.15) is 0 Å². The minimum absolute atomic E-state index is 0.386. The highest BCUT2D eigenvalue weighted by Gasteiger charge is 2.34. The molecule has 0 amide bonds. The molecule has 1 unspecified atom stereocenters. The van der Waals surface area contributed by atoms with Gasteiger partial charge in [0.25, 0.3) is 0 Å². The van der Waals surface area contributed by atoms with Crippen molar-refractivity contribution in [2.45, 2.75) is 18.9 Å². The zero-order valence-corrected chi connectivity index (χ0v) is 28.8. The average Bonchev–Trinajstić information content (AvgIpc) is 3.85. The van der Waals surface area contributed by atoms with E-state index in [-0.39, 0.29) is 5.54 Å². The third kappa shape index (κ3) is 4.26. The van der Waals surface area contributed by atoms with Crippen molar-refractivity contribution >= 4 is 76.8 Å². The van der Waals surface area contributed by atoms with Crippen molar-refractivity contribution in [3.05, 3.63) is 182 Å². The van der Waals surface area contributed by atoms with Crippen molar-refractivity contribution in [2.24, 2.45) is 0 Å². The van der Waals surface area contributed by atoms with Crippen LogP contribution in [-0.2, 0) is 5.54 Å². The molecule has 0 bridgehead atoms. The van der Waals surface area contributed by atoms with Crippen LogP contribution in [-0.4, -0.2) is 9.13 Å². The van der Waals surface area contributed by atoms with Crippen LogP contribution in [0.15, 0.2) is 180 Å². The summed E-state index contributed by atoms with van der Waals surface area (Å²) in [4.78, 5) is 0. The zero-order chi connectivity index (χ0) is 34.4. The number of aromatic nitrogens is 2. The molecular formula is C49H34N2O. The minimum atomic E-state index is -0.386. The summed E-state index contributed by atoms with van der Waals surface area (Å²) in [5.74, 6) is 0. The van der Waals surface area contributed by atoms with Gasteiger partial charge in [-0.15, -0.1) is 0 Å². The quantitative estimate of drug-likeness (QED) is 0.183. The molecule has 3 aromatic heterocycles. The Labute approximate surface area is 300 Å². The second-order valence-corrected chi connectivity index (χ2v) is 14.4. The predicted molar refractivity (Wildman–Crippen MR) is 219 cm³/mol. The summed E-state index contributed by atoms with van der Waals surface area (Å²) in [5, 5.41) is 7.36. The van der Waals surface area contributed by atoms with Crippen molar-refractivity contribution in [1.29, 1.82) is 0 Å². The average molecular weight is 667 g/mol. The van der Waals surface area contributed by atoms with Crippen LogP contribution in [0.25, 0.3) is 87.9 Å². The summed E-state index contributed by atoms with van der Waals surface area (Å²) in [6.45, 7) is 2.41. The van der Waals surface area contributed by atoms with Gasteiger partial charge < -0.3 is 13.6 Å². The molecule has 11 rings (SSSR count). The molecule has 0 aliphatic heterocycles. The van der Waals surface area contributed by atoms with E-state index in [2.05, 4.69) is 192 Å². The van der Waals surface area contributed by atoms with Crippen molar-refractivity contribution in [2.75, 3.05) is 0 Å². The Bertz CT molecular complexity index is 3010. The van der Waals surface area contributed by atoms with Gasteiger partial charge in [-0.25, -0.2) is 0 Å². The lowest BCUT2D eigenvalue weighted by Gasteiger charge is -2.36. The van der Waals surface area contributed by atoms with E-state index in [9.17, 15) is 0 Å². The molecule has 10 aromatic rings. The maximum atomic E-state index is 6.42. The Morgan fingerprint density at radius 2 is 0.942 bits per heavy atom. The summed E-state index contributed by atoms with van der Waals surface area (Å²) < 4.78 is 11.5. The van der Waals surface area contributed by atoms with Crippen molar-refractivity contribution < 1.29 is 4.42 Å². The first-order valence-electron chi connectivity index (χ1n) is 18.1. The van der Waals surface area contributed by atoms with Gasteiger partial charge in [0.2, 0.25) is 0 Å². The zero-order valence-electron chi connectivity index (χ0n) is 28.8. The van der Waals surface area contributed by atoms with Crippen molar-refractivity contribution in [3.8, 4) is 11.1 Å². The molecule has 3 heterocycles. The number of rotatable bonds is 4. The third-order valence-electron chi connectivity index (χ3n) is 11.2. The van der Waals surface area contributed by atoms with Crippen LogP contribution in [0.4, 0.5) is 0 Å². The molecule has 3 nitrogen and oxygen atoms in total. The van der Waals surface area contributed by atoms with E-state index in [0.717, 1.165) is 28.4 Å². The van der Waals surface area contributed by atoms with Crippen molar-refractivity contribution in [1.82, 2.24) is 9.13 Å². The summed E-state index contributed by atoms with van der Waals surface area (Å²) in [5.41, 5.74) is 12.4. The molecule has 3 heteroatoms. The van der Waals surface area contributed by atoms with Crippen LogP contribution in [0.3, 0.4) is 0 Å². The van der Waals surface area contributed by atoms with E-state index in [1.165, 1.54) is 71.6 Å². The number of para-hydroxylation sites is 4. The number of allylic oxidation sites excluding steroid dienone is 4. The standard InChI is InChI=1S/C49H34N2O/c1-49(51-45-21-11-7-17-39(45)40-18-8-12-22-46(40)51)30-35(27-36(31-49)50-43-19-9-5-15-37(43)38-16-6-10-20-44(38)50)34-24-26-48-42(29-34)41-28-33(23-25-47(41)52-48)32-13-3-2-4-14-32/h2-30H,31H2,1H3. The fourth-order valence-electron chi connectivity index (χ4n) is 8.95. The topological polar surface area (TPSA) is 23.0 Å². The monoisotopic (exact) mass is 666 g/mol. The normalized spacial score (nSPS) is 16.4. The molecule has 1 aliphatic carbocycles. The third-order valence-corrected chi connectivity index (χ3v) is 11.2. The first-order chi connectivity index (χ1) is 25.6. The van der Waals surface area contributed by atoms with Gasteiger partial charge in [-0.05, 0) is 83.8 Å². The molecule has 7 aromatic carbocycles. The number of benzene rings is 7. The molecule has 0 N–H and O–H groups in total. The molecule has 0 saturated carbocycles. The number of furan rings is 1. The van der Waals surface area contributed by atoms with Crippen LogP contribution >= 0.6 is 0 Å². The van der Waals surface area contributed by atoms with Gasteiger partial charge in [0.1, 0.15) is 11.2 Å². The second kappa shape index (κ2) is 11.0. The molecule has 0 spiro atoms. The van der Waals surface area contributed by atoms with Crippen LogP contribution < -0.4 is 0 Å². The molecular weight excluding hydrogens is 633 g/mol. The fourth-order valence-corrected chi connectivity index (χ4v) is 8.95. The maximum absolute atomic E-state index is 6.42. The van der Waals surface area contributed by atoms with E-state index >= 15 is 0 Å².